The predicted octanol–water partition coefficient (Wildman–Crippen LogP) is -0.664. The third-order valence-corrected chi connectivity index (χ3v) is 2.69. The summed E-state index contributed by atoms with van der Waals surface area (Å²) in [6.07, 6.45) is 2.96. The first-order valence-electron chi connectivity index (χ1n) is 3.85. The molecular weight excluding hydrogens is 223 g/mol. The molecule has 0 saturated heterocycles. The maximum atomic E-state index is 10.9. The Balaban J connectivity index is 0. The molecule has 0 spiro atoms. The summed E-state index contributed by atoms with van der Waals surface area (Å²) in [7, 11) is -4.18. The second-order valence-corrected chi connectivity index (χ2v) is 4.07. The minimum atomic E-state index is -4.18. The van der Waals surface area contributed by atoms with Gasteiger partial charge in [0.15, 0.2) is 0 Å². The fourth-order valence-electron chi connectivity index (χ4n) is 1.09. The van der Waals surface area contributed by atoms with Gasteiger partial charge in [0.05, 0.1) is 0 Å². The van der Waals surface area contributed by atoms with Crippen molar-refractivity contribution in [3.8, 4) is 0 Å². The molecule has 0 atom stereocenters. The summed E-state index contributed by atoms with van der Waals surface area (Å²) in [5.41, 5.74) is 1.14. The molecule has 0 fully saturated rings. The Kier molecular flexibility index (Phi) is 5.48. The van der Waals surface area contributed by atoms with E-state index in [1.807, 2.05) is 0 Å². The second-order valence-electron chi connectivity index (χ2n) is 2.68. The van der Waals surface area contributed by atoms with Gasteiger partial charge in [0.2, 0.25) is 0 Å². The quantitative estimate of drug-likeness (QED) is 0.558. The van der Waals surface area contributed by atoms with Crippen molar-refractivity contribution in [3.05, 3.63) is 42.5 Å². The van der Waals surface area contributed by atoms with E-state index in [0.717, 1.165) is 5.56 Å². The molecule has 0 bridgehead atoms. The SMILES string of the molecule is C=Cc1ccc(S(=O)(=O)O)c(C=C)c1.[H-].[Na+]. The number of benzene rings is 1. The van der Waals surface area contributed by atoms with Crippen molar-refractivity contribution in [1.82, 2.24) is 0 Å². The summed E-state index contributed by atoms with van der Waals surface area (Å²) in [6, 6.07) is 4.47. The van der Waals surface area contributed by atoms with Crippen molar-refractivity contribution in [3.63, 3.8) is 0 Å². The van der Waals surface area contributed by atoms with Crippen molar-refractivity contribution in [2.45, 2.75) is 4.90 Å². The van der Waals surface area contributed by atoms with Crippen molar-refractivity contribution in [2.75, 3.05) is 0 Å². The first kappa shape index (κ1) is 14.6. The van der Waals surface area contributed by atoms with Crippen molar-refractivity contribution >= 4 is 22.3 Å². The maximum absolute atomic E-state index is 10.9. The van der Waals surface area contributed by atoms with Gasteiger partial charge in [-0.1, -0.05) is 31.4 Å². The zero-order valence-electron chi connectivity index (χ0n) is 9.47. The number of rotatable bonds is 3. The van der Waals surface area contributed by atoms with E-state index in [4.69, 9.17) is 4.55 Å². The van der Waals surface area contributed by atoms with Gasteiger partial charge >= 0.3 is 29.6 Å². The maximum Gasteiger partial charge on any atom is 1.00 e. The first-order chi connectivity index (χ1) is 6.49. The Morgan fingerprint density at radius 1 is 1.27 bits per heavy atom. The molecule has 3 nitrogen and oxygen atoms in total. The molecule has 0 unspecified atom stereocenters. The zero-order chi connectivity index (χ0) is 10.8. The molecule has 0 heterocycles. The summed E-state index contributed by atoms with van der Waals surface area (Å²) >= 11 is 0. The molecule has 0 radical (unpaired) electrons. The van der Waals surface area contributed by atoms with Gasteiger partial charge in [-0.15, -0.1) is 0 Å². The number of hydrogen-bond donors (Lipinski definition) is 1. The molecule has 1 rings (SSSR count). The zero-order valence-corrected chi connectivity index (χ0v) is 11.3. The minimum absolute atomic E-state index is 0. The van der Waals surface area contributed by atoms with Crippen molar-refractivity contribution in [2.24, 2.45) is 0 Å². The Labute approximate surface area is 113 Å². The van der Waals surface area contributed by atoms with E-state index in [0.29, 0.717) is 5.56 Å². The van der Waals surface area contributed by atoms with Crippen LogP contribution in [-0.4, -0.2) is 13.0 Å². The standard InChI is InChI=1S/C10H10O3S.Na.H/c1-3-8-5-6-10(14(11,12)13)9(4-2)7-8;;/h3-7H,1-2H2,(H,11,12,13);;/q;+1;-1. The Morgan fingerprint density at radius 3 is 2.27 bits per heavy atom. The van der Waals surface area contributed by atoms with Gasteiger partial charge in [0.1, 0.15) is 4.90 Å². The van der Waals surface area contributed by atoms with E-state index in [1.54, 1.807) is 18.2 Å². The second kappa shape index (κ2) is 5.63. The average molecular weight is 234 g/mol. The minimum Gasteiger partial charge on any atom is -1.00 e. The van der Waals surface area contributed by atoms with Crippen LogP contribution in [0.25, 0.3) is 12.2 Å². The summed E-state index contributed by atoms with van der Waals surface area (Å²) in [4.78, 5) is -0.141. The van der Waals surface area contributed by atoms with E-state index < -0.39 is 10.1 Å². The third-order valence-electron chi connectivity index (χ3n) is 1.77. The Morgan fingerprint density at radius 2 is 1.87 bits per heavy atom. The van der Waals surface area contributed by atoms with Crippen LogP contribution in [0.2, 0.25) is 0 Å². The van der Waals surface area contributed by atoms with Gasteiger partial charge < -0.3 is 1.43 Å². The van der Waals surface area contributed by atoms with Gasteiger partial charge in [-0.05, 0) is 23.3 Å². The van der Waals surface area contributed by atoms with Crippen LogP contribution >= 0.6 is 0 Å². The predicted molar refractivity (Wildman–Crippen MR) is 57.6 cm³/mol. The summed E-state index contributed by atoms with van der Waals surface area (Å²) in [5.74, 6) is 0. The Hall–Kier alpha value is -0.390. The molecule has 1 aromatic rings. The molecule has 5 heteroatoms. The fraction of sp³-hybridized carbons (Fsp3) is 0. The van der Waals surface area contributed by atoms with Crippen LogP contribution in [0.5, 0.6) is 0 Å². The van der Waals surface area contributed by atoms with E-state index in [1.165, 1.54) is 12.1 Å². The molecule has 0 aromatic heterocycles. The van der Waals surface area contributed by atoms with Gasteiger partial charge in [-0.3, -0.25) is 4.55 Å². The normalized spacial score (nSPS) is 10.2. The molecule has 0 amide bonds. The van der Waals surface area contributed by atoms with Gasteiger partial charge in [-0.25, -0.2) is 0 Å². The first-order valence-corrected chi connectivity index (χ1v) is 5.29. The molecule has 1 N–H and O–H groups in total. The average Bonchev–Trinajstić information content (AvgIpc) is 2.15. The smallest absolute Gasteiger partial charge is 1.00 e. The van der Waals surface area contributed by atoms with Crippen LogP contribution in [0.4, 0.5) is 0 Å². The Bertz CT molecular complexity index is 483. The van der Waals surface area contributed by atoms with Crippen LogP contribution in [0.15, 0.2) is 36.3 Å². The van der Waals surface area contributed by atoms with Crippen molar-refractivity contribution < 1.29 is 44.0 Å². The van der Waals surface area contributed by atoms with Crippen LogP contribution in [0, 0.1) is 0 Å². The summed E-state index contributed by atoms with van der Waals surface area (Å²) in [5, 5.41) is 0. The topological polar surface area (TPSA) is 54.4 Å². The molecule has 15 heavy (non-hydrogen) atoms. The van der Waals surface area contributed by atoms with Crippen LogP contribution in [0.3, 0.4) is 0 Å². The largest absolute Gasteiger partial charge is 1.00 e. The molecule has 0 aliphatic rings. The van der Waals surface area contributed by atoms with Crippen LogP contribution < -0.4 is 29.6 Å². The monoisotopic (exact) mass is 234 g/mol. The molecule has 0 aliphatic heterocycles. The molecular formula is C10H11NaO3S. The van der Waals surface area contributed by atoms with E-state index in [9.17, 15) is 8.42 Å². The number of hydrogen-bond acceptors (Lipinski definition) is 2. The molecule has 76 valence electrons. The van der Waals surface area contributed by atoms with E-state index in [-0.39, 0.29) is 35.9 Å². The molecule has 1 aromatic carbocycles. The fourth-order valence-corrected chi connectivity index (χ4v) is 1.77. The van der Waals surface area contributed by atoms with Crippen LogP contribution in [-0.2, 0) is 10.1 Å². The molecule has 0 saturated carbocycles. The summed E-state index contributed by atoms with van der Waals surface area (Å²) in [6.45, 7) is 7.02. The van der Waals surface area contributed by atoms with E-state index >= 15 is 0 Å². The van der Waals surface area contributed by atoms with Crippen LogP contribution in [0.1, 0.15) is 12.6 Å². The van der Waals surface area contributed by atoms with Gasteiger partial charge in [0.25, 0.3) is 10.1 Å². The molecule has 0 aliphatic carbocycles. The summed E-state index contributed by atoms with van der Waals surface area (Å²) < 4.78 is 30.7. The van der Waals surface area contributed by atoms with Gasteiger partial charge in [0, 0.05) is 0 Å². The van der Waals surface area contributed by atoms with E-state index in [2.05, 4.69) is 13.2 Å². The van der Waals surface area contributed by atoms with Crippen molar-refractivity contribution in [1.29, 1.82) is 0 Å². The van der Waals surface area contributed by atoms with Gasteiger partial charge in [-0.2, -0.15) is 8.42 Å². The third kappa shape index (κ3) is 3.59.